The van der Waals surface area contributed by atoms with E-state index in [9.17, 15) is 0 Å². The molecule has 2 heterocycles. The van der Waals surface area contributed by atoms with Crippen LogP contribution in [0.3, 0.4) is 0 Å². The van der Waals surface area contributed by atoms with Gasteiger partial charge in [0.05, 0.1) is 23.7 Å². The van der Waals surface area contributed by atoms with Crippen LogP contribution < -0.4 is 15.8 Å². The van der Waals surface area contributed by atoms with Gasteiger partial charge in [-0.2, -0.15) is 0 Å². The van der Waals surface area contributed by atoms with Crippen LogP contribution in [0.2, 0.25) is 5.02 Å². The van der Waals surface area contributed by atoms with E-state index in [-0.39, 0.29) is 6.04 Å². The first-order valence-electron chi connectivity index (χ1n) is 8.51. The molecule has 0 aliphatic carbocycles. The van der Waals surface area contributed by atoms with Crippen LogP contribution in [-0.2, 0) is 13.6 Å². The summed E-state index contributed by atoms with van der Waals surface area (Å²) in [5, 5.41) is 3.97. The van der Waals surface area contributed by atoms with E-state index in [2.05, 4.69) is 21.4 Å². The highest BCUT2D eigenvalue weighted by atomic mass is 35.5. The molecule has 134 valence electrons. The van der Waals surface area contributed by atoms with Crippen LogP contribution in [0.5, 0.6) is 5.75 Å². The monoisotopic (exact) mass is 369 g/mol. The van der Waals surface area contributed by atoms with E-state index in [1.807, 2.05) is 48.0 Å². The van der Waals surface area contributed by atoms with Crippen LogP contribution in [0, 0.1) is 0 Å². The van der Waals surface area contributed by atoms with Crippen molar-refractivity contribution in [1.82, 2.24) is 14.9 Å². The van der Waals surface area contributed by atoms with Crippen LogP contribution in [0.15, 0.2) is 47.5 Å². The summed E-state index contributed by atoms with van der Waals surface area (Å²) in [5.74, 6) is 2.13. The largest absolute Gasteiger partial charge is 0.493 e. The Bertz CT molecular complexity index is 981. The van der Waals surface area contributed by atoms with E-state index >= 15 is 0 Å². The number of nitrogens with zero attached hydrogens (tertiary/aromatic N) is 3. The third kappa shape index (κ3) is 3.20. The van der Waals surface area contributed by atoms with Crippen molar-refractivity contribution in [2.24, 2.45) is 17.8 Å². The van der Waals surface area contributed by atoms with E-state index in [0.29, 0.717) is 24.1 Å². The van der Waals surface area contributed by atoms with Gasteiger partial charge in [0.25, 0.3) is 0 Å². The standard InChI is InChI=1S/C19H20ClN5O/c1-25-16-7-6-12(20)10-15(16)23-18(25)11-22-19(21)24-14-8-9-26-17-5-3-2-4-13(14)17/h2-7,10,14H,8-9,11H2,1H3,(H3,21,22,24). The molecular weight excluding hydrogens is 350 g/mol. The molecule has 7 heteroatoms. The Labute approximate surface area is 156 Å². The van der Waals surface area contributed by atoms with E-state index in [1.165, 1.54) is 0 Å². The van der Waals surface area contributed by atoms with Crippen molar-refractivity contribution in [3.05, 3.63) is 58.9 Å². The zero-order valence-corrected chi connectivity index (χ0v) is 15.2. The predicted molar refractivity (Wildman–Crippen MR) is 103 cm³/mol. The van der Waals surface area contributed by atoms with Crippen molar-refractivity contribution < 1.29 is 4.74 Å². The number of imidazole rings is 1. The van der Waals surface area contributed by atoms with Crippen LogP contribution in [0.1, 0.15) is 23.9 Å². The fourth-order valence-electron chi connectivity index (χ4n) is 3.24. The minimum Gasteiger partial charge on any atom is -0.493 e. The Hall–Kier alpha value is -2.73. The summed E-state index contributed by atoms with van der Waals surface area (Å²) in [6, 6.07) is 13.8. The van der Waals surface area contributed by atoms with E-state index in [0.717, 1.165) is 34.6 Å². The summed E-state index contributed by atoms with van der Waals surface area (Å²) < 4.78 is 7.68. The number of benzene rings is 2. The van der Waals surface area contributed by atoms with Gasteiger partial charge in [-0.25, -0.2) is 9.98 Å². The third-order valence-electron chi connectivity index (χ3n) is 4.61. The van der Waals surface area contributed by atoms with Gasteiger partial charge in [-0.05, 0) is 24.3 Å². The molecule has 1 aliphatic rings. The van der Waals surface area contributed by atoms with Gasteiger partial charge >= 0.3 is 0 Å². The van der Waals surface area contributed by atoms with E-state index in [1.54, 1.807) is 0 Å². The lowest BCUT2D eigenvalue weighted by atomic mass is 10.0. The number of guanidine groups is 1. The topological polar surface area (TPSA) is 77.5 Å². The number of nitrogens with two attached hydrogens (primary N) is 1. The molecule has 1 atom stereocenters. The second kappa shape index (κ2) is 6.88. The first-order valence-corrected chi connectivity index (χ1v) is 8.88. The Morgan fingerprint density at radius 1 is 1.38 bits per heavy atom. The average Bonchev–Trinajstić information content (AvgIpc) is 2.95. The molecule has 3 aromatic rings. The quantitative estimate of drug-likeness (QED) is 0.549. The first kappa shape index (κ1) is 16.7. The normalized spacial score (nSPS) is 17.0. The number of fused-ring (bicyclic) bond motifs is 2. The number of aromatic nitrogens is 2. The zero-order valence-electron chi connectivity index (χ0n) is 14.4. The SMILES string of the molecule is Cn1c(CN=C(N)NC2CCOc3ccccc32)nc2cc(Cl)ccc21. The number of hydrogen-bond donors (Lipinski definition) is 2. The number of aliphatic imine (C=N–C) groups is 1. The lowest BCUT2D eigenvalue weighted by molar-refractivity contribution is 0.262. The Morgan fingerprint density at radius 3 is 3.12 bits per heavy atom. The maximum Gasteiger partial charge on any atom is 0.189 e. The first-order chi connectivity index (χ1) is 12.6. The van der Waals surface area contributed by atoms with Crippen LogP contribution >= 0.6 is 11.6 Å². The van der Waals surface area contributed by atoms with Gasteiger partial charge < -0.3 is 20.4 Å². The predicted octanol–water partition coefficient (Wildman–Crippen LogP) is 3.15. The summed E-state index contributed by atoms with van der Waals surface area (Å²) in [7, 11) is 1.96. The van der Waals surface area contributed by atoms with Gasteiger partial charge in [-0.3, -0.25) is 0 Å². The number of para-hydroxylation sites is 1. The molecule has 4 rings (SSSR count). The van der Waals surface area contributed by atoms with Gasteiger partial charge in [0, 0.05) is 24.1 Å². The molecular formula is C19H20ClN5O. The fraction of sp³-hybridized carbons (Fsp3) is 0.263. The summed E-state index contributed by atoms with van der Waals surface area (Å²) in [6.45, 7) is 1.06. The molecule has 0 bridgehead atoms. The molecule has 1 aromatic heterocycles. The van der Waals surface area contributed by atoms with Crippen molar-refractivity contribution in [2.45, 2.75) is 19.0 Å². The van der Waals surface area contributed by atoms with Gasteiger partial charge in [-0.15, -0.1) is 0 Å². The highest BCUT2D eigenvalue weighted by Gasteiger charge is 2.21. The maximum atomic E-state index is 6.12. The molecule has 3 N–H and O–H groups in total. The third-order valence-corrected chi connectivity index (χ3v) is 4.84. The molecule has 2 aromatic carbocycles. The van der Waals surface area contributed by atoms with Crippen molar-refractivity contribution in [3.63, 3.8) is 0 Å². The number of ether oxygens (including phenoxy) is 1. The molecule has 26 heavy (non-hydrogen) atoms. The maximum absolute atomic E-state index is 6.12. The van der Waals surface area contributed by atoms with Crippen molar-refractivity contribution in [2.75, 3.05) is 6.61 Å². The second-order valence-electron chi connectivity index (χ2n) is 6.29. The van der Waals surface area contributed by atoms with Crippen LogP contribution in [0.4, 0.5) is 0 Å². The van der Waals surface area contributed by atoms with Crippen LogP contribution in [-0.4, -0.2) is 22.1 Å². The minimum atomic E-state index is 0.1000. The number of aryl methyl sites for hydroxylation is 1. The molecule has 6 nitrogen and oxygen atoms in total. The fourth-order valence-corrected chi connectivity index (χ4v) is 3.40. The Morgan fingerprint density at radius 2 is 2.23 bits per heavy atom. The Kier molecular flexibility index (Phi) is 4.42. The van der Waals surface area contributed by atoms with Crippen molar-refractivity contribution in [3.8, 4) is 5.75 Å². The zero-order chi connectivity index (χ0) is 18.1. The van der Waals surface area contributed by atoms with E-state index < -0.39 is 0 Å². The second-order valence-corrected chi connectivity index (χ2v) is 6.73. The molecule has 1 aliphatic heterocycles. The molecule has 1 unspecified atom stereocenters. The number of hydrogen-bond acceptors (Lipinski definition) is 3. The van der Waals surface area contributed by atoms with Gasteiger partial charge in [0.15, 0.2) is 5.96 Å². The average molecular weight is 370 g/mol. The summed E-state index contributed by atoms with van der Waals surface area (Å²) in [6.07, 6.45) is 0.845. The van der Waals surface area contributed by atoms with Gasteiger partial charge in [-0.1, -0.05) is 29.8 Å². The highest BCUT2D eigenvalue weighted by molar-refractivity contribution is 6.31. The highest BCUT2D eigenvalue weighted by Crippen LogP contribution is 2.31. The van der Waals surface area contributed by atoms with Gasteiger partial charge in [0.2, 0.25) is 0 Å². The summed E-state index contributed by atoms with van der Waals surface area (Å²) in [5.41, 5.74) is 9.10. The lowest BCUT2D eigenvalue weighted by Gasteiger charge is -2.26. The van der Waals surface area contributed by atoms with Gasteiger partial charge in [0.1, 0.15) is 18.1 Å². The van der Waals surface area contributed by atoms with Crippen LogP contribution in [0.25, 0.3) is 11.0 Å². The summed E-state index contributed by atoms with van der Waals surface area (Å²) in [4.78, 5) is 9.06. The number of rotatable bonds is 3. The molecule has 0 radical (unpaired) electrons. The molecule has 0 fully saturated rings. The smallest absolute Gasteiger partial charge is 0.189 e. The minimum absolute atomic E-state index is 0.1000. The summed E-state index contributed by atoms with van der Waals surface area (Å²) >= 11 is 6.04. The Balaban J connectivity index is 1.50. The molecule has 0 saturated carbocycles. The number of nitrogens with one attached hydrogen (secondary N) is 1. The molecule has 0 spiro atoms. The molecule has 0 amide bonds. The number of halogens is 1. The van der Waals surface area contributed by atoms with Crippen molar-refractivity contribution in [1.29, 1.82) is 0 Å². The van der Waals surface area contributed by atoms with Crippen molar-refractivity contribution >= 4 is 28.6 Å². The van der Waals surface area contributed by atoms with E-state index in [4.69, 9.17) is 22.1 Å². The molecule has 0 saturated heterocycles. The lowest BCUT2D eigenvalue weighted by Crippen LogP contribution is -2.37.